The second kappa shape index (κ2) is 11.4. The summed E-state index contributed by atoms with van der Waals surface area (Å²) in [6, 6.07) is 20.4. The van der Waals surface area contributed by atoms with Crippen LogP contribution in [0, 0.1) is 6.92 Å². The quantitative estimate of drug-likeness (QED) is 0.410. The third-order valence-electron chi connectivity index (χ3n) is 8.62. The fourth-order valence-electron chi connectivity index (χ4n) is 6.09. The third-order valence-corrected chi connectivity index (χ3v) is 8.62. The number of carbonyl (C=O) groups excluding carboxylic acids is 1. The first-order valence-corrected chi connectivity index (χ1v) is 14.3. The van der Waals surface area contributed by atoms with Crippen molar-refractivity contribution in [1.82, 2.24) is 19.8 Å². The minimum Gasteiger partial charge on any atom is -0.337 e. The molecule has 0 radical (unpaired) electrons. The molecule has 3 heterocycles. The molecular formula is C33H42N4O. The highest BCUT2D eigenvalue weighted by molar-refractivity contribution is 5.93. The van der Waals surface area contributed by atoms with Gasteiger partial charge in [-0.05, 0) is 73.6 Å². The van der Waals surface area contributed by atoms with Crippen LogP contribution in [0.5, 0.6) is 0 Å². The molecular weight excluding hydrogens is 468 g/mol. The smallest absolute Gasteiger partial charge is 0.272 e. The number of rotatable bonds is 6. The lowest BCUT2D eigenvalue weighted by molar-refractivity contribution is 0.0636. The number of aromatic nitrogens is 2. The largest absolute Gasteiger partial charge is 0.337 e. The van der Waals surface area contributed by atoms with E-state index in [2.05, 4.69) is 90.2 Å². The zero-order valence-electron chi connectivity index (χ0n) is 23.5. The lowest BCUT2D eigenvalue weighted by atomic mass is 9.86. The number of hydrogen-bond donors (Lipinski definition) is 0. The molecule has 3 aromatic rings. The third kappa shape index (κ3) is 5.99. The highest BCUT2D eigenvalue weighted by atomic mass is 16.2. The second-order valence-electron chi connectivity index (χ2n) is 12.2. The van der Waals surface area contributed by atoms with Crippen molar-refractivity contribution in [3.8, 4) is 0 Å². The van der Waals surface area contributed by atoms with Crippen LogP contribution in [0.1, 0.15) is 84.4 Å². The van der Waals surface area contributed by atoms with Crippen molar-refractivity contribution in [1.29, 1.82) is 0 Å². The lowest BCUT2D eigenvalue weighted by Crippen LogP contribution is -2.46. The van der Waals surface area contributed by atoms with Crippen molar-refractivity contribution >= 4 is 5.91 Å². The fraction of sp³-hybridized carbons (Fsp3) is 0.485. The van der Waals surface area contributed by atoms with Crippen LogP contribution in [-0.2, 0) is 18.3 Å². The number of nitrogens with zero attached hydrogens (tertiary/aromatic N) is 4. The summed E-state index contributed by atoms with van der Waals surface area (Å²) in [5, 5.41) is 0. The second-order valence-corrected chi connectivity index (χ2v) is 12.2. The summed E-state index contributed by atoms with van der Waals surface area (Å²) < 4.78 is 0. The van der Waals surface area contributed by atoms with Crippen LogP contribution in [0.25, 0.3) is 0 Å². The molecule has 0 spiro atoms. The molecule has 0 bridgehead atoms. The molecule has 0 saturated carbocycles. The molecule has 2 aliphatic rings. The number of likely N-dealkylation sites (tertiary alicyclic amines) is 2. The molecule has 0 aliphatic carbocycles. The molecule has 1 aromatic heterocycles. The van der Waals surface area contributed by atoms with Gasteiger partial charge in [0.25, 0.3) is 5.91 Å². The normalized spacial score (nSPS) is 19.2. The van der Waals surface area contributed by atoms with Crippen molar-refractivity contribution in [3.05, 3.63) is 94.6 Å². The van der Waals surface area contributed by atoms with E-state index < -0.39 is 0 Å². The lowest BCUT2D eigenvalue weighted by Gasteiger charge is -2.37. The molecule has 2 aromatic carbocycles. The first-order chi connectivity index (χ1) is 18.3. The highest BCUT2D eigenvalue weighted by Crippen LogP contribution is 2.31. The van der Waals surface area contributed by atoms with Gasteiger partial charge in [-0.3, -0.25) is 9.69 Å². The Morgan fingerprint density at radius 1 is 0.895 bits per heavy atom. The Bertz CT molecular complexity index is 1220. The molecule has 2 fully saturated rings. The Kier molecular flexibility index (Phi) is 7.94. The maximum atomic E-state index is 13.5. The van der Waals surface area contributed by atoms with E-state index in [1.807, 2.05) is 11.8 Å². The predicted octanol–water partition coefficient (Wildman–Crippen LogP) is 5.96. The number of piperidine rings is 1. The molecule has 0 N–H and O–H groups in total. The molecule has 38 heavy (non-hydrogen) atoms. The van der Waals surface area contributed by atoms with Gasteiger partial charge in [-0.1, -0.05) is 75.4 Å². The molecule has 5 rings (SSSR count). The van der Waals surface area contributed by atoms with E-state index in [1.54, 1.807) is 6.33 Å². The van der Waals surface area contributed by atoms with Crippen LogP contribution in [0.3, 0.4) is 0 Å². The van der Waals surface area contributed by atoms with Crippen LogP contribution in [0.15, 0.2) is 60.9 Å². The summed E-state index contributed by atoms with van der Waals surface area (Å²) in [6.45, 7) is 12.6. The fourth-order valence-corrected chi connectivity index (χ4v) is 6.09. The molecule has 1 atom stereocenters. The van der Waals surface area contributed by atoms with Gasteiger partial charge >= 0.3 is 0 Å². The highest BCUT2D eigenvalue weighted by Gasteiger charge is 2.33. The van der Waals surface area contributed by atoms with E-state index in [0.29, 0.717) is 17.7 Å². The maximum absolute atomic E-state index is 13.5. The number of aryl methyl sites for hydroxylation is 2. The molecule has 200 valence electrons. The van der Waals surface area contributed by atoms with E-state index in [1.165, 1.54) is 23.1 Å². The van der Waals surface area contributed by atoms with E-state index in [-0.39, 0.29) is 11.3 Å². The molecule has 5 nitrogen and oxygen atoms in total. The number of benzene rings is 2. The minimum absolute atomic E-state index is 0.0581. The van der Waals surface area contributed by atoms with Crippen molar-refractivity contribution in [2.24, 2.45) is 0 Å². The van der Waals surface area contributed by atoms with E-state index in [9.17, 15) is 4.79 Å². The van der Waals surface area contributed by atoms with Gasteiger partial charge in [0.05, 0.1) is 0 Å². The number of carbonyl (C=O) groups is 1. The topological polar surface area (TPSA) is 49.3 Å². The van der Waals surface area contributed by atoms with Crippen molar-refractivity contribution in [3.63, 3.8) is 0 Å². The summed E-state index contributed by atoms with van der Waals surface area (Å²) in [6.07, 6.45) is 6.58. The monoisotopic (exact) mass is 510 g/mol. The summed E-state index contributed by atoms with van der Waals surface area (Å²) in [5.74, 6) is 0.692. The van der Waals surface area contributed by atoms with E-state index >= 15 is 0 Å². The van der Waals surface area contributed by atoms with Gasteiger partial charge in [0.1, 0.15) is 12.0 Å². The molecule has 1 amide bonds. The molecule has 2 aliphatic heterocycles. The first-order valence-electron chi connectivity index (χ1n) is 14.3. The number of hydrogen-bond acceptors (Lipinski definition) is 4. The SMILES string of the molecule is Cc1c(CCc2ccc(C(C)(C)C)cc2)ncnc1C(=O)N1CCC(N2CCC(c3ccccc3)C2)CC1. The summed E-state index contributed by atoms with van der Waals surface area (Å²) in [5.41, 5.74) is 6.73. The Morgan fingerprint density at radius 3 is 2.29 bits per heavy atom. The van der Waals surface area contributed by atoms with Gasteiger partial charge in [-0.25, -0.2) is 9.97 Å². The molecule has 2 saturated heterocycles. The summed E-state index contributed by atoms with van der Waals surface area (Å²) >= 11 is 0. The average Bonchev–Trinajstić information content (AvgIpc) is 3.43. The van der Waals surface area contributed by atoms with Gasteiger partial charge < -0.3 is 4.90 Å². The van der Waals surface area contributed by atoms with Crippen LogP contribution in [0.2, 0.25) is 0 Å². The standard InChI is InChI=1S/C33H42N4O/c1-24-30(15-12-25-10-13-28(14-11-25)33(2,3)4)34-23-35-31(24)32(38)36-20-17-29(18-21-36)37-19-16-27(22-37)26-8-6-5-7-9-26/h5-11,13-14,23,27,29H,12,15-22H2,1-4H3. The summed E-state index contributed by atoms with van der Waals surface area (Å²) in [4.78, 5) is 27.1. The Hall–Kier alpha value is -3.05. The first kappa shape index (κ1) is 26.6. The zero-order valence-corrected chi connectivity index (χ0v) is 23.5. The average molecular weight is 511 g/mol. The van der Waals surface area contributed by atoms with E-state index in [0.717, 1.165) is 63.1 Å². The van der Waals surface area contributed by atoms with Gasteiger partial charge in [0, 0.05) is 36.9 Å². The van der Waals surface area contributed by atoms with Crippen LogP contribution in [0.4, 0.5) is 0 Å². The minimum atomic E-state index is 0.0581. The molecule has 5 heteroatoms. The zero-order chi connectivity index (χ0) is 26.7. The maximum Gasteiger partial charge on any atom is 0.272 e. The van der Waals surface area contributed by atoms with Gasteiger partial charge in [0.15, 0.2) is 0 Å². The van der Waals surface area contributed by atoms with Crippen LogP contribution >= 0.6 is 0 Å². The van der Waals surface area contributed by atoms with Crippen molar-refractivity contribution in [2.45, 2.75) is 77.2 Å². The van der Waals surface area contributed by atoms with Crippen molar-refractivity contribution in [2.75, 3.05) is 26.2 Å². The number of amides is 1. The van der Waals surface area contributed by atoms with Gasteiger partial charge in [-0.15, -0.1) is 0 Å². The molecule has 1 unspecified atom stereocenters. The Labute approximate surface area is 228 Å². The Balaban J connectivity index is 1.16. The Morgan fingerprint density at radius 2 is 1.61 bits per heavy atom. The van der Waals surface area contributed by atoms with Crippen molar-refractivity contribution < 1.29 is 4.79 Å². The summed E-state index contributed by atoms with van der Waals surface area (Å²) in [7, 11) is 0. The van der Waals surface area contributed by atoms with Crippen LogP contribution < -0.4 is 0 Å². The van der Waals surface area contributed by atoms with Crippen LogP contribution in [-0.4, -0.2) is 57.9 Å². The van der Waals surface area contributed by atoms with Gasteiger partial charge in [0.2, 0.25) is 0 Å². The predicted molar refractivity (Wildman–Crippen MR) is 154 cm³/mol. The van der Waals surface area contributed by atoms with Gasteiger partial charge in [-0.2, -0.15) is 0 Å². The van der Waals surface area contributed by atoms with E-state index in [4.69, 9.17) is 0 Å².